The van der Waals surface area contributed by atoms with Crippen LogP contribution in [0.1, 0.15) is 24.0 Å². The molecule has 4 rings (SSSR count). The van der Waals surface area contributed by atoms with Crippen molar-refractivity contribution in [3.8, 4) is 16.3 Å². The minimum absolute atomic E-state index is 0.0983. The number of anilines is 1. The van der Waals surface area contributed by atoms with Crippen molar-refractivity contribution in [2.24, 2.45) is 0 Å². The number of benzene rings is 1. The minimum Gasteiger partial charge on any atom is -0.473 e. The molecule has 32 heavy (non-hydrogen) atoms. The van der Waals surface area contributed by atoms with Crippen LogP contribution in [0.15, 0.2) is 53.9 Å². The highest BCUT2D eigenvalue weighted by molar-refractivity contribution is 7.13. The minimum atomic E-state index is -0.381. The molecule has 1 fully saturated rings. The second-order valence-corrected chi connectivity index (χ2v) is 8.54. The number of carbonyl (C=O) groups excluding carboxylic acids is 1. The van der Waals surface area contributed by atoms with E-state index in [0.717, 1.165) is 37.1 Å². The fraction of sp³-hybridized carbons (Fsp3) is 0.292. The molecule has 7 nitrogen and oxygen atoms in total. The molecular weight excluding hydrogens is 422 g/mol. The fourth-order valence-electron chi connectivity index (χ4n) is 3.73. The number of aromatic nitrogens is 1. The molecule has 0 unspecified atom stereocenters. The van der Waals surface area contributed by atoms with Gasteiger partial charge in [-0.3, -0.25) is 10.2 Å². The van der Waals surface area contributed by atoms with Crippen molar-refractivity contribution in [3.63, 3.8) is 0 Å². The summed E-state index contributed by atoms with van der Waals surface area (Å²) >= 11 is 1.69. The molecule has 0 aliphatic carbocycles. The van der Waals surface area contributed by atoms with Gasteiger partial charge in [0.15, 0.2) is 0 Å². The Kier molecular flexibility index (Phi) is 7.14. The predicted molar refractivity (Wildman–Crippen MR) is 129 cm³/mol. The van der Waals surface area contributed by atoms with Crippen LogP contribution in [0.2, 0.25) is 0 Å². The Bertz CT molecular complexity index is 1080. The smallest absolute Gasteiger partial charge is 0.270 e. The van der Waals surface area contributed by atoms with Gasteiger partial charge in [-0.15, -0.1) is 11.3 Å². The first-order valence-electron chi connectivity index (χ1n) is 10.7. The summed E-state index contributed by atoms with van der Waals surface area (Å²) in [7, 11) is 1.72. The van der Waals surface area contributed by atoms with E-state index in [0.29, 0.717) is 23.9 Å². The number of rotatable bonds is 8. The van der Waals surface area contributed by atoms with Gasteiger partial charge in [0.1, 0.15) is 18.1 Å². The molecular formula is C24H27N5O2S. The normalized spacial score (nSPS) is 14.0. The SMILES string of the molecule is CNc1nc(OCc2ccccc2-c2cccs2)ccc1C(=N)C(=O)NC1CCNCC1. The lowest BCUT2D eigenvalue weighted by molar-refractivity contribution is -0.115. The number of hydrogen-bond acceptors (Lipinski definition) is 7. The number of carbonyl (C=O) groups is 1. The molecule has 0 bridgehead atoms. The van der Waals surface area contributed by atoms with E-state index in [2.05, 4.69) is 38.4 Å². The molecule has 3 aromatic rings. The Hall–Kier alpha value is -3.23. The number of pyridine rings is 1. The van der Waals surface area contributed by atoms with E-state index in [1.807, 2.05) is 24.3 Å². The molecule has 1 amide bonds. The summed E-state index contributed by atoms with van der Waals surface area (Å²) in [5.41, 5.74) is 2.56. The van der Waals surface area contributed by atoms with Crippen molar-refractivity contribution in [2.75, 3.05) is 25.5 Å². The maximum Gasteiger partial charge on any atom is 0.270 e. The van der Waals surface area contributed by atoms with Crippen LogP contribution in [0, 0.1) is 5.41 Å². The zero-order valence-electron chi connectivity index (χ0n) is 18.0. The van der Waals surface area contributed by atoms with Crippen molar-refractivity contribution in [1.82, 2.24) is 15.6 Å². The second kappa shape index (κ2) is 10.4. The second-order valence-electron chi connectivity index (χ2n) is 7.59. The third-order valence-electron chi connectivity index (χ3n) is 5.46. The van der Waals surface area contributed by atoms with Crippen LogP contribution in [0.25, 0.3) is 10.4 Å². The van der Waals surface area contributed by atoms with Gasteiger partial charge >= 0.3 is 0 Å². The van der Waals surface area contributed by atoms with E-state index in [-0.39, 0.29) is 17.7 Å². The zero-order valence-corrected chi connectivity index (χ0v) is 18.8. The highest BCUT2D eigenvalue weighted by Gasteiger charge is 2.21. The number of amides is 1. The van der Waals surface area contributed by atoms with E-state index in [4.69, 9.17) is 10.1 Å². The third-order valence-corrected chi connectivity index (χ3v) is 6.36. The lowest BCUT2D eigenvalue weighted by atomic mass is 10.1. The molecule has 1 aromatic carbocycles. The first-order chi connectivity index (χ1) is 15.7. The van der Waals surface area contributed by atoms with Crippen molar-refractivity contribution in [3.05, 3.63) is 65.0 Å². The van der Waals surface area contributed by atoms with E-state index in [9.17, 15) is 4.79 Å². The Balaban J connectivity index is 1.45. The largest absolute Gasteiger partial charge is 0.473 e. The van der Waals surface area contributed by atoms with Gasteiger partial charge in [-0.05, 0) is 54.6 Å². The topological polar surface area (TPSA) is 99.1 Å². The Labute approximate surface area is 191 Å². The van der Waals surface area contributed by atoms with E-state index >= 15 is 0 Å². The van der Waals surface area contributed by atoms with Crippen molar-refractivity contribution < 1.29 is 9.53 Å². The first kappa shape index (κ1) is 22.0. The number of thiophene rings is 1. The van der Waals surface area contributed by atoms with Crippen LogP contribution in [0.3, 0.4) is 0 Å². The quantitative estimate of drug-likeness (QED) is 0.393. The average Bonchev–Trinajstić information content (AvgIpc) is 3.38. The highest BCUT2D eigenvalue weighted by atomic mass is 32.1. The Morgan fingerprint density at radius 3 is 2.75 bits per heavy atom. The molecule has 8 heteroatoms. The van der Waals surface area contributed by atoms with E-state index in [1.165, 1.54) is 4.88 Å². The maximum absolute atomic E-state index is 12.6. The van der Waals surface area contributed by atoms with Gasteiger partial charge in [-0.25, -0.2) is 0 Å². The van der Waals surface area contributed by atoms with Gasteiger partial charge in [0.25, 0.3) is 5.91 Å². The summed E-state index contributed by atoms with van der Waals surface area (Å²) in [6.45, 7) is 2.13. The number of piperidine rings is 1. The lowest BCUT2D eigenvalue weighted by Crippen LogP contribution is -2.45. The average molecular weight is 450 g/mol. The monoisotopic (exact) mass is 449 g/mol. The summed E-state index contributed by atoms with van der Waals surface area (Å²) in [4.78, 5) is 18.3. The summed E-state index contributed by atoms with van der Waals surface area (Å²) in [6, 6.07) is 15.8. The lowest BCUT2D eigenvalue weighted by Gasteiger charge is -2.24. The van der Waals surface area contributed by atoms with Gasteiger partial charge in [0.05, 0.1) is 0 Å². The van der Waals surface area contributed by atoms with Gasteiger partial charge in [0, 0.05) is 29.6 Å². The Morgan fingerprint density at radius 1 is 1.19 bits per heavy atom. The predicted octanol–water partition coefficient (Wildman–Crippen LogP) is 3.67. The maximum atomic E-state index is 12.6. The van der Waals surface area contributed by atoms with Gasteiger partial charge in [-0.1, -0.05) is 30.3 Å². The molecule has 0 atom stereocenters. The molecule has 2 aromatic heterocycles. The van der Waals surface area contributed by atoms with Crippen molar-refractivity contribution in [2.45, 2.75) is 25.5 Å². The molecule has 1 aliphatic rings. The van der Waals surface area contributed by atoms with Gasteiger partial charge < -0.3 is 20.7 Å². The molecule has 4 N–H and O–H groups in total. The number of nitrogens with zero attached hydrogens (tertiary/aromatic N) is 1. The van der Waals surface area contributed by atoms with Gasteiger partial charge in [-0.2, -0.15) is 4.98 Å². The highest BCUT2D eigenvalue weighted by Crippen LogP contribution is 2.29. The standard InChI is InChI=1S/C24H27N5O2S/c1-26-23-19(22(25)24(30)28-17-10-12-27-13-11-17)8-9-21(29-23)31-15-16-5-2-3-6-18(16)20-7-4-14-32-20/h2-9,14,17,25,27H,10-13,15H2,1H3,(H,26,29)(H,28,30). The number of nitrogens with one attached hydrogen (secondary N) is 4. The van der Waals surface area contributed by atoms with Crippen LogP contribution < -0.4 is 20.7 Å². The van der Waals surface area contributed by atoms with E-state index in [1.54, 1.807) is 30.5 Å². The molecule has 1 saturated heterocycles. The van der Waals surface area contributed by atoms with Crippen molar-refractivity contribution in [1.29, 1.82) is 5.41 Å². The molecule has 166 valence electrons. The van der Waals surface area contributed by atoms with Crippen molar-refractivity contribution >= 4 is 28.8 Å². The summed E-state index contributed by atoms with van der Waals surface area (Å²) in [6.07, 6.45) is 1.74. The molecule has 3 heterocycles. The van der Waals surface area contributed by atoms with Gasteiger partial charge in [0.2, 0.25) is 5.88 Å². The first-order valence-corrected chi connectivity index (χ1v) is 11.6. The molecule has 0 radical (unpaired) electrons. The summed E-state index contributed by atoms with van der Waals surface area (Å²) in [5, 5.41) is 19.6. The van der Waals surface area contributed by atoms with Crippen LogP contribution in [-0.2, 0) is 11.4 Å². The van der Waals surface area contributed by atoms with Crippen LogP contribution in [0.4, 0.5) is 5.82 Å². The van der Waals surface area contributed by atoms with E-state index < -0.39 is 0 Å². The summed E-state index contributed by atoms with van der Waals surface area (Å²) < 4.78 is 5.97. The van der Waals surface area contributed by atoms with Crippen LogP contribution >= 0.6 is 11.3 Å². The van der Waals surface area contributed by atoms with Crippen LogP contribution in [-0.4, -0.2) is 42.8 Å². The Morgan fingerprint density at radius 2 is 2.00 bits per heavy atom. The number of hydrogen-bond donors (Lipinski definition) is 4. The summed E-state index contributed by atoms with van der Waals surface area (Å²) in [5.74, 6) is 0.499. The number of ether oxygens (including phenoxy) is 1. The molecule has 0 saturated carbocycles. The molecule has 0 spiro atoms. The zero-order chi connectivity index (χ0) is 22.3. The van der Waals surface area contributed by atoms with Crippen LogP contribution in [0.5, 0.6) is 5.88 Å². The third kappa shape index (κ3) is 5.15. The molecule has 1 aliphatic heterocycles. The fourth-order valence-corrected chi connectivity index (χ4v) is 4.52.